The van der Waals surface area contributed by atoms with Crippen LogP contribution in [0.3, 0.4) is 0 Å². The Labute approximate surface area is 202 Å². The second-order valence-electron chi connectivity index (χ2n) is 9.36. The summed E-state index contributed by atoms with van der Waals surface area (Å²) in [5, 5.41) is 12.9. The van der Waals surface area contributed by atoms with Gasteiger partial charge in [-0.25, -0.2) is 0 Å². The van der Waals surface area contributed by atoms with E-state index in [1.54, 1.807) is 0 Å². The van der Waals surface area contributed by atoms with Gasteiger partial charge >= 0.3 is 0 Å². The van der Waals surface area contributed by atoms with Gasteiger partial charge in [0.1, 0.15) is 0 Å². The molecule has 1 aromatic heterocycles. The standard InChI is InChI=1S/C34H21N/c1-2-11-24-21-25(19-17-22(24)9-1)35-33-26-12-4-3-10-23(26)18-20-31(33)32-29-15-7-5-13-27(29)28-14-6-8-16-30(28)34(32)35/h1-21H. The third-order valence-corrected chi connectivity index (χ3v) is 7.51. The molecule has 0 aliphatic carbocycles. The number of rotatable bonds is 1. The molecule has 0 N–H and O–H groups in total. The summed E-state index contributed by atoms with van der Waals surface area (Å²) in [5.41, 5.74) is 3.75. The lowest BCUT2D eigenvalue weighted by Crippen LogP contribution is -1.95. The van der Waals surface area contributed by atoms with E-state index in [-0.39, 0.29) is 0 Å². The van der Waals surface area contributed by atoms with Crippen molar-refractivity contribution < 1.29 is 0 Å². The van der Waals surface area contributed by atoms with E-state index in [1.165, 1.54) is 70.6 Å². The lowest BCUT2D eigenvalue weighted by molar-refractivity contribution is 1.20. The Morgan fingerprint density at radius 3 is 1.71 bits per heavy atom. The van der Waals surface area contributed by atoms with Crippen molar-refractivity contribution in [2.45, 2.75) is 0 Å². The number of aromatic nitrogens is 1. The van der Waals surface area contributed by atoms with Gasteiger partial charge in [-0.2, -0.15) is 0 Å². The monoisotopic (exact) mass is 443 g/mol. The highest BCUT2D eigenvalue weighted by molar-refractivity contribution is 6.34. The Kier molecular flexibility index (Phi) is 3.72. The zero-order valence-corrected chi connectivity index (χ0v) is 19.1. The maximum absolute atomic E-state index is 2.51. The Morgan fingerprint density at radius 1 is 0.343 bits per heavy atom. The van der Waals surface area contributed by atoms with Crippen LogP contribution < -0.4 is 0 Å². The molecule has 0 unspecified atom stereocenters. The van der Waals surface area contributed by atoms with Gasteiger partial charge in [0.05, 0.1) is 11.0 Å². The largest absolute Gasteiger partial charge is 0.308 e. The van der Waals surface area contributed by atoms with Crippen LogP contribution in [0.2, 0.25) is 0 Å². The molecule has 0 bridgehead atoms. The highest BCUT2D eigenvalue weighted by Gasteiger charge is 2.20. The van der Waals surface area contributed by atoms with Gasteiger partial charge in [-0.05, 0) is 44.5 Å². The van der Waals surface area contributed by atoms with Crippen molar-refractivity contribution in [2.75, 3.05) is 0 Å². The van der Waals surface area contributed by atoms with Crippen LogP contribution in [0.1, 0.15) is 0 Å². The molecular formula is C34H21N. The fraction of sp³-hybridized carbons (Fsp3) is 0. The van der Waals surface area contributed by atoms with E-state index in [9.17, 15) is 0 Å². The molecule has 162 valence electrons. The summed E-state index contributed by atoms with van der Waals surface area (Å²) in [7, 11) is 0. The van der Waals surface area contributed by atoms with E-state index in [1.807, 2.05) is 0 Å². The van der Waals surface area contributed by atoms with Crippen molar-refractivity contribution in [2.24, 2.45) is 0 Å². The van der Waals surface area contributed by atoms with Crippen molar-refractivity contribution >= 4 is 64.9 Å². The van der Waals surface area contributed by atoms with Gasteiger partial charge in [-0.3, -0.25) is 0 Å². The second kappa shape index (κ2) is 6.94. The van der Waals surface area contributed by atoms with Crippen molar-refractivity contribution in [1.82, 2.24) is 4.57 Å². The molecular weight excluding hydrogens is 422 g/mol. The van der Waals surface area contributed by atoms with Gasteiger partial charge in [0.2, 0.25) is 0 Å². The molecule has 0 fully saturated rings. The Morgan fingerprint density at radius 2 is 0.914 bits per heavy atom. The summed E-state index contributed by atoms with van der Waals surface area (Å²) in [6, 6.07) is 46.5. The number of benzene rings is 7. The van der Waals surface area contributed by atoms with Crippen LogP contribution in [0.25, 0.3) is 70.6 Å². The molecule has 0 amide bonds. The Bertz CT molecular complexity index is 2110. The van der Waals surface area contributed by atoms with Crippen LogP contribution in [0.15, 0.2) is 127 Å². The average Bonchev–Trinajstić information content (AvgIpc) is 3.29. The van der Waals surface area contributed by atoms with Gasteiger partial charge < -0.3 is 4.57 Å². The average molecular weight is 444 g/mol. The first-order valence-electron chi connectivity index (χ1n) is 12.1. The lowest BCUT2D eigenvalue weighted by Gasteiger charge is -2.13. The fourth-order valence-corrected chi connectivity index (χ4v) is 6.01. The van der Waals surface area contributed by atoms with Crippen LogP contribution >= 0.6 is 0 Å². The van der Waals surface area contributed by atoms with E-state index >= 15 is 0 Å². The molecule has 8 aromatic rings. The normalized spacial score (nSPS) is 12.0. The molecule has 35 heavy (non-hydrogen) atoms. The summed E-state index contributed by atoms with van der Waals surface area (Å²) in [5.74, 6) is 0. The third kappa shape index (κ3) is 2.53. The van der Waals surface area contributed by atoms with E-state index in [0.29, 0.717) is 0 Å². The Hall–Kier alpha value is -4.62. The van der Waals surface area contributed by atoms with E-state index in [0.717, 1.165) is 0 Å². The summed E-state index contributed by atoms with van der Waals surface area (Å²) in [6.07, 6.45) is 0. The van der Waals surface area contributed by atoms with Crippen molar-refractivity contribution in [3.63, 3.8) is 0 Å². The molecule has 1 heterocycles. The molecule has 0 saturated carbocycles. The Balaban J connectivity index is 1.72. The number of hydrogen-bond donors (Lipinski definition) is 0. The fourth-order valence-electron chi connectivity index (χ4n) is 6.01. The minimum Gasteiger partial charge on any atom is -0.308 e. The van der Waals surface area contributed by atoms with Gasteiger partial charge in [-0.1, -0.05) is 115 Å². The number of nitrogens with zero attached hydrogens (tertiary/aromatic N) is 1. The van der Waals surface area contributed by atoms with Crippen molar-refractivity contribution in [1.29, 1.82) is 0 Å². The molecule has 0 aliphatic rings. The SMILES string of the molecule is c1ccc2cc(-n3c4c5ccccc5ccc4c4c5ccccc5c5ccccc5c43)ccc2c1. The quantitative estimate of drug-likeness (QED) is 0.223. The van der Waals surface area contributed by atoms with Crippen LogP contribution in [-0.4, -0.2) is 4.57 Å². The van der Waals surface area contributed by atoms with E-state index in [4.69, 9.17) is 0 Å². The zero-order valence-electron chi connectivity index (χ0n) is 19.1. The zero-order chi connectivity index (χ0) is 22.9. The molecule has 1 heteroatoms. The molecule has 0 aliphatic heterocycles. The first kappa shape index (κ1) is 18.8. The molecule has 1 nitrogen and oxygen atoms in total. The van der Waals surface area contributed by atoms with Crippen molar-refractivity contribution in [3.8, 4) is 5.69 Å². The van der Waals surface area contributed by atoms with E-state index in [2.05, 4.69) is 132 Å². The molecule has 0 radical (unpaired) electrons. The molecule has 0 saturated heterocycles. The van der Waals surface area contributed by atoms with Crippen LogP contribution in [0.4, 0.5) is 0 Å². The third-order valence-electron chi connectivity index (χ3n) is 7.51. The molecule has 0 spiro atoms. The molecule has 0 atom stereocenters. The second-order valence-corrected chi connectivity index (χ2v) is 9.36. The minimum atomic E-state index is 1.19. The molecule has 8 rings (SSSR count). The maximum Gasteiger partial charge on any atom is 0.0626 e. The van der Waals surface area contributed by atoms with E-state index < -0.39 is 0 Å². The predicted octanol–water partition coefficient (Wildman–Crippen LogP) is 9.40. The smallest absolute Gasteiger partial charge is 0.0626 e. The first-order valence-corrected chi connectivity index (χ1v) is 12.1. The maximum atomic E-state index is 2.51. The first-order chi connectivity index (χ1) is 17.4. The van der Waals surface area contributed by atoms with Gasteiger partial charge in [0.15, 0.2) is 0 Å². The summed E-state index contributed by atoms with van der Waals surface area (Å²) < 4.78 is 2.51. The summed E-state index contributed by atoms with van der Waals surface area (Å²) >= 11 is 0. The van der Waals surface area contributed by atoms with Gasteiger partial charge in [-0.15, -0.1) is 0 Å². The lowest BCUT2D eigenvalue weighted by atomic mass is 9.96. The number of hydrogen-bond acceptors (Lipinski definition) is 0. The topological polar surface area (TPSA) is 4.93 Å². The minimum absolute atomic E-state index is 1.19. The van der Waals surface area contributed by atoms with Crippen LogP contribution in [0.5, 0.6) is 0 Å². The van der Waals surface area contributed by atoms with Gasteiger partial charge in [0.25, 0.3) is 0 Å². The van der Waals surface area contributed by atoms with Gasteiger partial charge in [0, 0.05) is 27.2 Å². The van der Waals surface area contributed by atoms with Crippen molar-refractivity contribution in [3.05, 3.63) is 127 Å². The summed E-state index contributed by atoms with van der Waals surface area (Å²) in [4.78, 5) is 0. The summed E-state index contributed by atoms with van der Waals surface area (Å²) in [6.45, 7) is 0. The number of fused-ring (bicyclic) bond motifs is 11. The molecule has 7 aromatic carbocycles. The van der Waals surface area contributed by atoms with Crippen LogP contribution in [-0.2, 0) is 0 Å². The highest BCUT2D eigenvalue weighted by Crippen LogP contribution is 2.44. The highest BCUT2D eigenvalue weighted by atomic mass is 15.0. The predicted molar refractivity (Wildman–Crippen MR) is 151 cm³/mol. The van der Waals surface area contributed by atoms with Crippen LogP contribution in [0, 0.1) is 0 Å².